The second-order valence-corrected chi connectivity index (χ2v) is 10.7. The van der Waals surface area contributed by atoms with E-state index < -0.39 is 18.2 Å². The lowest BCUT2D eigenvalue weighted by Gasteiger charge is -2.41. The molecule has 0 aromatic heterocycles. The Morgan fingerprint density at radius 3 is 2.46 bits per heavy atom. The van der Waals surface area contributed by atoms with E-state index in [0.29, 0.717) is 31.0 Å². The lowest BCUT2D eigenvalue weighted by Crippen LogP contribution is -2.53. The van der Waals surface area contributed by atoms with E-state index in [-0.39, 0.29) is 23.5 Å². The molecular weight excluding hydrogens is 572 g/mol. The number of piperidine rings is 1. The zero-order valence-electron chi connectivity index (χ0n) is 22.2. The summed E-state index contributed by atoms with van der Waals surface area (Å²) in [5, 5.41) is 24.2. The number of nitrogens with one attached hydrogen (secondary N) is 2. The van der Waals surface area contributed by atoms with E-state index >= 15 is 0 Å². The summed E-state index contributed by atoms with van der Waals surface area (Å²) < 4.78 is 52.2. The first kappa shape index (κ1) is 30.7. The molecule has 2 aromatic rings. The zero-order valence-corrected chi connectivity index (χ0v) is 22.9. The normalized spacial score (nSPS) is 21.5. The maximum Gasteiger partial charge on any atom is 0.490 e. The molecule has 3 heterocycles. The van der Waals surface area contributed by atoms with E-state index in [1.165, 1.54) is 12.1 Å². The maximum absolute atomic E-state index is 14.1. The van der Waals surface area contributed by atoms with Gasteiger partial charge < -0.3 is 30.5 Å². The number of benzene rings is 2. The second-order valence-electron chi connectivity index (χ2n) is 10.2. The molecule has 1 unspecified atom stereocenters. The third kappa shape index (κ3) is 7.32. The highest BCUT2D eigenvalue weighted by atomic mass is 35.5. The lowest BCUT2D eigenvalue weighted by molar-refractivity contribution is -0.192. The first-order valence-electron chi connectivity index (χ1n) is 13.1. The van der Waals surface area contributed by atoms with Gasteiger partial charge in [-0.3, -0.25) is 4.90 Å². The quantitative estimate of drug-likeness (QED) is 0.387. The summed E-state index contributed by atoms with van der Waals surface area (Å²) in [4.78, 5) is 25.2. The van der Waals surface area contributed by atoms with Crippen molar-refractivity contribution >= 4 is 35.0 Å². The van der Waals surface area contributed by atoms with Crippen molar-refractivity contribution in [3.63, 3.8) is 0 Å². The van der Waals surface area contributed by atoms with Crippen LogP contribution in [-0.2, 0) is 11.2 Å². The molecule has 5 rings (SSSR count). The van der Waals surface area contributed by atoms with Gasteiger partial charge in [-0.25, -0.2) is 14.0 Å². The molecule has 3 aliphatic heterocycles. The Balaban J connectivity index is 0.000000493. The Bertz CT molecular complexity index is 1270. The van der Waals surface area contributed by atoms with E-state index in [9.17, 15) is 27.5 Å². The maximum atomic E-state index is 14.1. The van der Waals surface area contributed by atoms with Crippen LogP contribution in [0.4, 0.5) is 33.7 Å². The molecule has 1 spiro atoms. The molecule has 2 atom stereocenters. The monoisotopic (exact) mass is 602 g/mol. The number of ether oxygens (including phenoxy) is 1. The van der Waals surface area contributed by atoms with Crippen molar-refractivity contribution in [2.24, 2.45) is 0 Å². The van der Waals surface area contributed by atoms with Gasteiger partial charge in [-0.15, -0.1) is 0 Å². The number of aliphatic hydroxyl groups is 1. The van der Waals surface area contributed by atoms with Gasteiger partial charge >= 0.3 is 18.2 Å². The van der Waals surface area contributed by atoms with Crippen molar-refractivity contribution in [2.45, 2.75) is 50.1 Å². The molecule has 4 N–H and O–H groups in total. The predicted octanol–water partition coefficient (Wildman–Crippen LogP) is 4.27. The Morgan fingerprint density at radius 1 is 1.15 bits per heavy atom. The van der Waals surface area contributed by atoms with Crippen molar-refractivity contribution in [1.29, 1.82) is 0 Å². The van der Waals surface area contributed by atoms with Crippen LogP contribution in [0.5, 0.6) is 5.75 Å². The number of carboxylic acid groups (broad SMARTS) is 1. The molecule has 224 valence electrons. The smallest absolute Gasteiger partial charge is 0.487 e. The van der Waals surface area contributed by atoms with Gasteiger partial charge in [0.2, 0.25) is 0 Å². The van der Waals surface area contributed by atoms with Crippen LogP contribution < -0.4 is 20.3 Å². The van der Waals surface area contributed by atoms with Gasteiger partial charge in [0.05, 0.1) is 23.5 Å². The SMILES string of the molecule is CCNC(=O)Nc1ccc(F)cc1N1CC(N2CCC3(CC2)Cc2cc(Cl)ccc2O3)[C@H](O)C1.O=C(O)C(F)(F)F. The predicted molar refractivity (Wildman–Crippen MR) is 144 cm³/mol. The van der Waals surface area contributed by atoms with E-state index in [1.54, 1.807) is 6.07 Å². The number of hydrogen-bond acceptors (Lipinski definition) is 6. The fourth-order valence-corrected chi connectivity index (χ4v) is 5.66. The van der Waals surface area contributed by atoms with Gasteiger partial charge in [-0.1, -0.05) is 11.6 Å². The van der Waals surface area contributed by atoms with Crippen LogP contribution in [0.25, 0.3) is 0 Å². The van der Waals surface area contributed by atoms with E-state index in [0.717, 1.165) is 48.7 Å². The number of aliphatic hydroxyl groups excluding tert-OH is 1. The Hall–Kier alpha value is -3.29. The molecule has 2 fully saturated rings. The number of anilines is 2. The number of likely N-dealkylation sites (tertiary alicyclic amines) is 1. The second kappa shape index (κ2) is 12.3. The van der Waals surface area contributed by atoms with Gasteiger partial charge in [-0.05, 0) is 48.9 Å². The van der Waals surface area contributed by atoms with E-state index in [1.807, 2.05) is 30.0 Å². The number of carbonyl (C=O) groups is 2. The standard InChI is InChI=1S/C25H30ClFN4O3.C2HF3O2/c1-2-28-24(33)29-19-5-4-18(27)12-20(19)31-14-21(22(32)15-31)30-9-7-25(8-10-30)13-16-11-17(26)3-6-23(16)34-25;3-2(4,5)1(6)7/h3-6,11-12,21-22,32H,2,7-10,13-15H2,1H3,(H2,28,29,33);(H,6,7)/t21?,22-;/m1./s1. The molecule has 0 aliphatic carbocycles. The molecule has 3 aliphatic rings. The Labute approximate surface area is 239 Å². The van der Waals surface area contributed by atoms with Gasteiger partial charge in [0.25, 0.3) is 0 Å². The Morgan fingerprint density at radius 2 is 1.83 bits per heavy atom. The minimum absolute atomic E-state index is 0.0730. The molecule has 2 aromatic carbocycles. The summed E-state index contributed by atoms with van der Waals surface area (Å²) in [6.07, 6.45) is -3.07. The number of carboxylic acids is 1. The average Bonchev–Trinajstić information content (AvgIpc) is 3.45. The number of aliphatic carboxylic acids is 1. The van der Waals surface area contributed by atoms with Crippen LogP contribution >= 0.6 is 11.6 Å². The van der Waals surface area contributed by atoms with Crippen molar-refractivity contribution < 1.29 is 42.1 Å². The van der Waals surface area contributed by atoms with Gasteiger partial charge in [0.1, 0.15) is 17.2 Å². The van der Waals surface area contributed by atoms with Crippen molar-refractivity contribution in [2.75, 3.05) is 42.9 Å². The minimum Gasteiger partial charge on any atom is -0.487 e. The van der Waals surface area contributed by atoms with Gasteiger partial charge in [-0.2, -0.15) is 13.2 Å². The average molecular weight is 603 g/mol. The van der Waals surface area contributed by atoms with Crippen molar-refractivity contribution in [1.82, 2.24) is 10.2 Å². The summed E-state index contributed by atoms with van der Waals surface area (Å²) in [5.41, 5.74) is 2.05. The first-order chi connectivity index (χ1) is 19.3. The molecule has 2 saturated heterocycles. The molecular formula is C27H31ClF4N4O5. The van der Waals surface area contributed by atoms with E-state index in [2.05, 4.69) is 15.5 Å². The number of carbonyl (C=O) groups excluding carboxylic acids is 1. The molecule has 41 heavy (non-hydrogen) atoms. The van der Waals surface area contributed by atoms with Crippen LogP contribution in [0.15, 0.2) is 36.4 Å². The fourth-order valence-electron chi connectivity index (χ4n) is 5.47. The van der Waals surface area contributed by atoms with Crippen LogP contribution in [0.2, 0.25) is 5.02 Å². The number of rotatable bonds is 4. The topological polar surface area (TPSA) is 114 Å². The minimum atomic E-state index is -5.08. The number of alkyl halides is 3. The zero-order chi connectivity index (χ0) is 29.9. The third-order valence-corrected chi connectivity index (χ3v) is 7.66. The Kier molecular flexibility index (Phi) is 9.19. The third-order valence-electron chi connectivity index (χ3n) is 7.43. The van der Waals surface area contributed by atoms with Crippen LogP contribution in [-0.4, -0.2) is 83.8 Å². The number of β-amino-alcohol motifs (C(OH)–C–C–N with tert-alkyl or cyclic N) is 1. The largest absolute Gasteiger partial charge is 0.490 e. The highest BCUT2D eigenvalue weighted by molar-refractivity contribution is 6.30. The summed E-state index contributed by atoms with van der Waals surface area (Å²) >= 11 is 6.16. The molecule has 0 radical (unpaired) electrons. The number of halogens is 5. The van der Waals surface area contributed by atoms with Crippen LogP contribution in [0, 0.1) is 5.82 Å². The highest BCUT2D eigenvalue weighted by Gasteiger charge is 2.45. The summed E-state index contributed by atoms with van der Waals surface area (Å²) in [6, 6.07) is 9.68. The molecule has 9 nitrogen and oxygen atoms in total. The van der Waals surface area contributed by atoms with Crippen LogP contribution in [0.3, 0.4) is 0 Å². The lowest BCUT2D eigenvalue weighted by atomic mass is 9.86. The summed E-state index contributed by atoms with van der Waals surface area (Å²) in [6.45, 7) is 4.87. The first-order valence-corrected chi connectivity index (χ1v) is 13.5. The number of amides is 2. The van der Waals surface area contributed by atoms with Crippen molar-refractivity contribution in [3.05, 3.63) is 52.8 Å². The van der Waals surface area contributed by atoms with Crippen LogP contribution in [0.1, 0.15) is 25.3 Å². The van der Waals surface area contributed by atoms with Gasteiger partial charge in [0, 0.05) is 57.0 Å². The summed E-state index contributed by atoms with van der Waals surface area (Å²) in [7, 11) is 0. The van der Waals surface area contributed by atoms with E-state index in [4.69, 9.17) is 26.2 Å². The van der Waals surface area contributed by atoms with Crippen molar-refractivity contribution in [3.8, 4) is 5.75 Å². The molecule has 0 saturated carbocycles. The number of hydrogen-bond donors (Lipinski definition) is 4. The van der Waals surface area contributed by atoms with Gasteiger partial charge in [0.15, 0.2) is 0 Å². The molecule has 0 bridgehead atoms. The molecule has 14 heteroatoms. The molecule has 2 amide bonds. The number of nitrogens with zero attached hydrogens (tertiary/aromatic N) is 2. The highest BCUT2D eigenvalue weighted by Crippen LogP contribution is 2.43. The fraction of sp³-hybridized carbons (Fsp3) is 0.481. The number of fused-ring (bicyclic) bond motifs is 1. The summed E-state index contributed by atoms with van der Waals surface area (Å²) in [5.74, 6) is -2.22. The number of urea groups is 1.